The van der Waals surface area contributed by atoms with Crippen molar-refractivity contribution in [3.05, 3.63) is 59.1 Å². The van der Waals surface area contributed by atoms with Gasteiger partial charge in [0.1, 0.15) is 5.58 Å². The van der Waals surface area contributed by atoms with E-state index in [2.05, 4.69) is 18.0 Å². The Balaban J connectivity index is 1.75. The summed E-state index contributed by atoms with van der Waals surface area (Å²) in [5.41, 5.74) is 5.18. The van der Waals surface area contributed by atoms with Gasteiger partial charge in [-0.1, -0.05) is 0 Å². The molecule has 1 amide bonds. The summed E-state index contributed by atoms with van der Waals surface area (Å²) in [6.07, 6.45) is 4.39. The molecule has 0 fully saturated rings. The van der Waals surface area contributed by atoms with Gasteiger partial charge >= 0.3 is 0 Å². The minimum atomic E-state index is -0.0866. The minimum Gasteiger partial charge on any atom is -0.451 e. The normalized spacial score (nSPS) is 13.6. The van der Waals surface area contributed by atoms with Crippen molar-refractivity contribution in [1.82, 2.24) is 4.98 Å². The number of furan rings is 1. The number of aromatic nitrogens is 1. The number of amides is 1. The number of rotatable bonds is 1. The first-order valence-corrected chi connectivity index (χ1v) is 7.39. The molecule has 1 aromatic carbocycles. The third kappa shape index (κ3) is 1.91. The Bertz CT molecular complexity index is 856. The van der Waals surface area contributed by atoms with Gasteiger partial charge in [0, 0.05) is 24.3 Å². The number of fused-ring (bicyclic) bond motifs is 2. The van der Waals surface area contributed by atoms with Crippen LogP contribution in [0.25, 0.3) is 11.0 Å². The van der Waals surface area contributed by atoms with E-state index in [0.717, 1.165) is 28.6 Å². The largest absolute Gasteiger partial charge is 0.451 e. The standard InChI is InChI=1S/C18H16N2O2/c1-11-7-14-9-17(22-16(14)8-12(11)2)18(21)20-6-4-13-10-19-5-3-15(13)20/h3,5,7-10H,4,6H2,1-2H3. The summed E-state index contributed by atoms with van der Waals surface area (Å²) in [6.45, 7) is 4.78. The lowest BCUT2D eigenvalue weighted by Crippen LogP contribution is -2.28. The van der Waals surface area contributed by atoms with Gasteiger partial charge in [-0.05, 0) is 61.2 Å². The molecule has 4 nitrogen and oxygen atoms in total. The third-order valence-corrected chi connectivity index (χ3v) is 4.36. The van der Waals surface area contributed by atoms with Crippen molar-refractivity contribution >= 4 is 22.6 Å². The molecular weight excluding hydrogens is 276 g/mol. The minimum absolute atomic E-state index is 0.0866. The molecule has 0 saturated heterocycles. The number of carbonyl (C=O) groups is 1. The maximum absolute atomic E-state index is 12.8. The fourth-order valence-corrected chi connectivity index (χ4v) is 2.98. The Hall–Kier alpha value is -2.62. The van der Waals surface area contributed by atoms with Crippen LogP contribution in [-0.4, -0.2) is 17.4 Å². The summed E-state index contributed by atoms with van der Waals surface area (Å²) >= 11 is 0. The molecule has 1 aliphatic rings. The maximum Gasteiger partial charge on any atom is 0.294 e. The number of aryl methyl sites for hydroxylation is 2. The molecule has 110 valence electrons. The molecule has 2 aromatic heterocycles. The molecule has 0 N–H and O–H groups in total. The van der Waals surface area contributed by atoms with Gasteiger partial charge in [-0.2, -0.15) is 0 Å². The fraction of sp³-hybridized carbons (Fsp3) is 0.222. The van der Waals surface area contributed by atoms with Crippen LogP contribution in [0.5, 0.6) is 0 Å². The van der Waals surface area contributed by atoms with Gasteiger partial charge in [0.25, 0.3) is 5.91 Å². The summed E-state index contributed by atoms with van der Waals surface area (Å²) in [5.74, 6) is 0.307. The number of benzene rings is 1. The zero-order chi connectivity index (χ0) is 15.3. The van der Waals surface area contributed by atoms with E-state index in [9.17, 15) is 4.79 Å². The van der Waals surface area contributed by atoms with Crippen LogP contribution in [0.3, 0.4) is 0 Å². The molecule has 0 unspecified atom stereocenters. The van der Waals surface area contributed by atoms with Crippen molar-refractivity contribution in [2.24, 2.45) is 0 Å². The molecule has 3 aromatic rings. The average Bonchev–Trinajstić information content (AvgIpc) is 3.11. The third-order valence-electron chi connectivity index (χ3n) is 4.36. The van der Waals surface area contributed by atoms with E-state index >= 15 is 0 Å². The first-order valence-electron chi connectivity index (χ1n) is 7.39. The van der Waals surface area contributed by atoms with Gasteiger partial charge in [0.15, 0.2) is 5.76 Å². The van der Waals surface area contributed by atoms with Crippen molar-refractivity contribution in [2.75, 3.05) is 11.4 Å². The summed E-state index contributed by atoms with van der Waals surface area (Å²) in [5, 5.41) is 0.973. The quantitative estimate of drug-likeness (QED) is 0.688. The van der Waals surface area contributed by atoms with Crippen LogP contribution in [0.4, 0.5) is 5.69 Å². The van der Waals surface area contributed by atoms with Crippen LogP contribution in [0.1, 0.15) is 27.2 Å². The first-order chi connectivity index (χ1) is 10.6. The zero-order valence-corrected chi connectivity index (χ0v) is 12.6. The highest BCUT2D eigenvalue weighted by molar-refractivity contribution is 6.07. The SMILES string of the molecule is Cc1cc2cc(C(=O)N3CCc4cnccc43)oc2cc1C. The van der Waals surface area contributed by atoms with Crippen LogP contribution in [0, 0.1) is 13.8 Å². The Kier molecular flexibility index (Phi) is 2.79. The topological polar surface area (TPSA) is 46.3 Å². The summed E-state index contributed by atoms with van der Waals surface area (Å²) in [6, 6.07) is 7.77. The van der Waals surface area contributed by atoms with Gasteiger partial charge < -0.3 is 9.32 Å². The van der Waals surface area contributed by atoms with Crippen LogP contribution in [0.15, 0.2) is 41.1 Å². The molecule has 22 heavy (non-hydrogen) atoms. The average molecular weight is 292 g/mol. The van der Waals surface area contributed by atoms with Crippen molar-refractivity contribution < 1.29 is 9.21 Å². The second kappa shape index (κ2) is 4.70. The van der Waals surface area contributed by atoms with E-state index in [4.69, 9.17) is 4.42 Å². The maximum atomic E-state index is 12.8. The molecule has 0 bridgehead atoms. The molecule has 0 spiro atoms. The Morgan fingerprint density at radius 1 is 1.23 bits per heavy atom. The van der Waals surface area contributed by atoms with Crippen molar-refractivity contribution in [2.45, 2.75) is 20.3 Å². The zero-order valence-electron chi connectivity index (χ0n) is 12.6. The molecule has 0 saturated carbocycles. The molecule has 1 aliphatic heterocycles. The van der Waals surface area contributed by atoms with Crippen LogP contribution in [0.2, 0.25) is 0 Å². The summed E-state index contributed by atoms with van der Waals surface area (Å²) in [7, 11) is 0. The number of pyridine rings is 1. The van der Waals surface area contributed by atoms with Crippen LogP contribution < -0.4 is 4.90 Å². The van der Waals surface area contributed by atoms with Crippen molar-refractivity contribution in [3.63, 3.8) is 0 Å². The monoisotopic (exact) mass is 292 g/mol. The van der Waals surface area contributed by atoms with Gasteiger partial charge in [-0.15, -0.1) is 0 Å². The number of anilines is 1. The highest BCUT2D eigenvalue weighted by Gasteiger charge is 2.27. The van der Waals surface area contributed by atoms with Gasteiger partial charge in [-0.3, -0.25) is 9.78 Å². The number of carbonyl (C=O) groups excluding carboxylic acids is 1. The smallest absolute Gasteiger partial charge is 0.294 e. The van der Waals surface area contributed by atoms with Crippen molar-refractivity contribution in [3.8, 4) is 0 Å². The lowest BCUT2D eigenvalue weighted by molar-refractivity contribution is 0.0965. The lowest BCUT2D eigenvalue weighted by atomic mass is 10.1. The second-order valence-corrected chi connectivity index (χ2v) is 5.80. The molecule has 0 aliphatic carbocycles. The Morgan fingerprint density at radius 3 is 2.91 bits per heavy atom. The second-order valence-electron chi connectivity index (χ2n) is 5.80. The predicted molar refractivity (Wildman–Crippen MR) is 85.3 cm³/mol. The molecule has 4 rings (SSSR count). The molecule has 0 radical (unpaired) electrons. The number of hydrogen-bond donors (Lipinski definition) is 0. The summed E-state index contributed by atoms with van der Waals surface area (Å²) < 4.78 is 5.79. The summed E-state index contributed by atoms with van der Waals surface area (Å²) in [4.78, 5) is 18.6. The van der Waals surface area contributed by atoms with E-state index in [1.807, 2.05) is 31.3 Å². The molecular formula is C18H16N2O2. The highest BCUT2D eigenvalue weighted by atomic mass is 16.3. The first kappa shape index (κ1) is 13.1. The van der Waals surface area contributed by atoms with Crippen LogP contribution in [-0.2, 0) is 6.42 Å². The van der Waals surface area contributed by atoms with Gasteiger partial charge in [0.2, 0.25) is 0 Å². The Labute approximate surface area is 128 Å². The van der Waals surface area contributed by atoms with E-state index in [1.54, 1.807) is 11.1 Å². The fourth-order valence-electron chi connectivity index (χ4n) is 2.98. The molecule has 4 heteroatoms. The van der Waals surface area contributed by atoms with E-state index in [1.165, 1.54) is 11.1 Å². The van der Waals surface area contributed by atoms with E-state index in [-0.39, 0.29) is 5.91 Å². The van der Waals surface area contributed by atoms with E-state index < -0.39 is 0 Å². The number of hydrogen-bond acceptors (Lipinski definition) is 3. The van der Waals surface area contributed by atoms with E-state index in [0.29, 0.717) is 12.3 Å². The molecule has 0 atom stereocenters. The van der Waals surface area contributed by atoms with Gasteiger partial charge in [0.05, 0.1) is 5.69 Å². The lowest BCUT2D eigenvalue weighted by Gasteiger charge is -2.15. The predicted octanol–water partition coefficient (Wildman–Crippen LogP) is 3.65. The highest BCUT2D eigenvalue weighted by Crippen LogP contribution is 2.30. The Morgan fingerprint density at radius 2 is 2.05 bits per heavy atom. The number of nitrogens with zero attached hydrogens (tertiary/aromatic N) is 2. The van der Waals surface area contributed by atoms with Crippen LogP contribution >= 0.6 is 0 Å². The van der Waals surface area contributed by atoms with Gasteiger partial charge in [-0.25, -0.2) is 0 Å². The molecule has 3 heterocycles. The van der Waals surface area contributed by atoms with Crippen molar-refractivity contribution in [1.29, 1.82) is 0 Å².